The van der Waals surface area contributed by atoms with Gasteiger partial charge in [0.2, 0.25) is 0 Å². The van der Waals surface area contributed by atoms with Crippen LogP contribution in [0, 0.1) is 0 Å². The van der Waals surface area contributed by atoms with E-state index in [1.807, 2.05) is 54.1 Å². The fraction of sp³-hybridized carbons (Fsp3) is 0.238. The number of benzene rings is 2. The van der Waals surface area contributed by atoms with Gasteiger partial charge in [0.05, 0.1) is 12.4 Å². The molecule has 0 radical (unpaired) electrons. The summed E-state index contributed by atoms with van der Waals surface area (Å²) in [5, 5.41) is 3.10. The van der Waals surface area contributed by atoms with E-state index in [9.17, 15) is 4.79 Å². The van der Waals surface area contributed by atoms with Crippen LogP contribution >= 0.6 is 0 Å². The van der Waals surface area contributed by atoms with Gasteiger partial charge in [0, 0.05) is 23.6 Å². The molecule has 0 aliphatic heterocycles. The van der Waals surface area contributed by atoms with Gasteiger partial charge in [0.1, 0.15) is 0 Å². The zero-order valence-electron chi connectivity index (χ0n) is 14.3. The Labute approximate surface area is 147 Å². The zero-order valence-corrected chi connectivity index (χ0v) is 14.3. The van der Waals surface area contributed by atoms with Gasteiger partial charge >= 0.3 is 0 Å². The van der Waals surface area contributed by atoms with Crippen molar-refractivity contribution >= 4 is 5.91 Å². The van der Waals surface area contributed by atoms with Gasteiger partial charge in [0.25, 0.3) is 5.91 Å². The zero-order chi connectivity index (χ0) is 17.2. The molecule has 4 heteroatoms. The van der Waals surface area contributed by atoms with Crippen molar-refractivity contribution < 1.29 is 4.79 Å². The van der Waals surface area contributed by atoms with E-state index in [-0.39, 0.29) is 11.9 Å². The first-order chi connectivity index (χ1) is 12.2. The maximum Gasteiger partial charge on any atom is 0.251 e. The van der Waals surface area contributed by atoms with E-state index in [4.69, 9.17) is 0 Å². The van der Waals surface area contributed by atoms with Crippen LogP contribution in [-0.2, 0) is 12.8 Å². The monoisotopic (exact) mass is 331 g/mol. The number of hydrogen-bond acceptors (Lipinski definition) is 2. The van der Waals surface area contributed by atoms with Gasteiger partial charge in [-0.05, 0) is 67.1 Å². The molecular weight excluding hydrogens is 310 g/mol. The third kappa shape index (κ3) is 3.20. The third-order valence-corrected chi connectivity index (χ3v) is 4.90. The van der Waals surface area contributed by atoms with Crippen LogP contribution in [0.5, 0.6) is 0 Å². The summed E-state index contributed by atoms with van der Waals surface area (Å²) < 4.78 is 1.96. The predicted molar refractivity (Wildman–Crippen MR) is 97.9 cm³/mol. The van der Waals surface area contributed by atoms with Crippen LogP contribution in [0.2, 0.25) is 0 Å². The Morgan fingerprint density at radius 3 is 2.68 bits per heavy atom. The smallest absolute Gasteiger partial charge is 0.251 e. The minimum atomic E-state index is -0.0439. The van der Waals surface area contributed by atoms with E-state index in [1.54, 1.807) is 12.5 Å². The highest BCUT2D eigenvalue weighted by Gasteiger charge is 2.16. The van der Waals surface area contributed by atoms with E-state index in [2.05, 4.69) is 16.4 Å². The molecule has 1 atom stereocenters. The van der Waals surface area contributed by atoms with Crippen LogP contribution in [0.4, 0.5) is 0 Å². The molecule has 4 rings (SSSR count). The van der Waals surface area contributed by atoms with E-state index in [0.717, 1.165) is 29.7 Å². The fourth-order valence-electron chi connectivity index (χ4n) is 3.42. The minimum absolute atomic E-state index is 0.0131. The lowest BCUT2D eigenvalue weighted by molar-refractivity contribution is 0.0940. The molecule has 1 unspecified atom stereocenters. The second-order valence-corrected chi connectivity index (χ2v) is 6.59. The van der Waals surface area contributed by atoms with Gasteiger partial charge in [-0.3, -0.25) is 4.79 Å². The molecule has 1 aliphatic carbocycles. The van der Waals surface area contributed by atoms with Gasteiger partial charge in [-0.15, -0.1) is 0 Å². The summed E-state index contributed by atoms with van der Waals surface area (Å²) in [6.07, 6.45) is 8.86. The Bertz CT molecular complexity index is 882. The maximum atomic E-state index is 12.6. The lowest BCUT2D eigenvalue weighted by Gasteiger charge is -2.15. The van der Waals surface area contributed by atoms with Crippen molar-refractivity contribution in [3.63, 3.8) is 0 Å². The summed E-state index contributed by atoms with van der Waals surface area (Å²) in [5.41, 5.74) is 5.60. The molecule has 1 aromatic heterocycles. The summed E-state index contributed by atoms with van der Waals surface area (Å²) in [5.74, 6) is -0.0131. The van der Waals surface area contributed by atoms with Gasteiger partial charge in [0.15, 0.2) is 0 Å². The van der Waals surface area contributed by atoms with Gasteiger partial charge in [-0.1, -0.05) is 18.2 Å². The molecule has 2 aromatic carbocycles. The standard InChI is InChI=1S/C21H21N3O/c1-15(16-7-9-20(10-8-16)24-12-11-22-14-24)23-21(25)19-6-5-17-3-2-4-18(17)13-19/h5-15H,2-4H2,1H3,(H,23,25). The Morgan fingerprint density at radius 2 is 1.92 bits per heavy atom. The quantitative estimate of drug-likeness (QED) is 0.789. The number of nitrogens with zero attached hydrogens (tertiary/aromatic N) is 2. The molecule has 0 spiro atoms. The molecule has 25 heavy (non-hydrogen) atoms. The molecular formula is C21H21N3O. The van der Waals surface area contributed by atoms with Crippen molar-refractivity contribution in [2.45, 2.75) is 32.2 Å². The predicted octanol–water partition coefficient (Wildman–Crippen LogP) is 3.85. The van der Waals surface area contributed by atoms with Gasteiger partial charge in [-0.25, -0.2) is 4.98 Å². The van der Waals surface area contributed by atoms with E-state index in [0.29, 0.717) is 0 Å². The van der Waals surface area contributed by atoms with Crippen molar-refractivity contribution in [2.24, 2.45) is 0 Å². The molecule has 0 bridgehead atoms. The van der Waals surface area contributed by atoms with Crippen LogP contribution in [0.15, 0.2) is 61.2 Å². The maximum absolute atomic E-state index is 12.6. The Morgan fingerprint density at radius 1 is 1.12 bits per heavy atom. The highest BCUT2D eigenvalue weighted by atomic mass is 16.1. The van der Waals surface area contributed by atoms with Crippen LogP contribution in [0.1, 0.15) is 46.4 Å². The molecule has 1 aliphatic rings. The summed E-state index contributed by atoms with van der Waals surface area (Å²) in [6.45, 7) is 2.01. The second kappa shape index (κ2) is 6.55. The Balaban J connectivity index is 1.46. The molecule has 0 saturated carbocycles. The number of carbonyl (C=O) groups is 1. The van der Waals surface area contributed by atoms with E-state index >= 15 is 0 Å². The lowest BCUT2D eigenvalue weighted by atomic mass is 10.0. The summed E-state index contributed by atoms with van der Waals surface area (Å²) in [4.78, 5) is 16.6. The number of nitrogens with one attached hydrogen (secondary N) is 1. The summed E-state index contributed by atoms with van der Waals surface area (Å²) >= 11 is 0. The molecule has 1 heterocycles. The number of aryl methyl sites for hydroxylation is 2. The molecule has 0 fully saturated rings. The molecule has 126 valence electrons. The normalized spacial score (nSPS) is 14.1. The molecule has 1 amide bonds. The molecule has 3 aromatic rings. The summed E-state index contributed by atoms with van der Waals surface area (Å²) in [6, 6.07) is 14.2. The third-order valence-electron chi connectivity index (χ3n) is 4.90. The van der Waals surface area contributed by atoms with Crippen molar-refractivity contribution in [1.29, 1.82) is 0 Å². The molecule has 0 saturated heterocycles. The van der Waals surface area contributed by atoms with Crippen molar-refractivity contribution in [3.8, 4) is 5.69 Å². The number of rotatable bonds is 4. The Hall–Kier alpha value is -2.88. The van der Waals surface area contributed by atoms with Crippen molar-refractivity contribution in [1.82, 2.24) is 14.9 Å². The molecule has 1 N–H and O–H groups in total. The SMILES string of the molecule is CC(NC(=O)c1ccc2c(c1)CCC2)c1ccc(-n2ccnc2)cc1. The number of hydrogen-bond donors (Lipinski definition) is 1. The Kier molecular flexibility index (Phi) is 4.10. The van der Waals surface area contributed by atoms with Crippen molar-refractivity contribution in [3.05, 3.63) is 83.4 Å². The number of carbonyl (C=O) groups excluding carboxylic acids is 1. The topological polar surface area (TPSA) is 46.9 Å². The van der Waals surface area contributed by atoms with Crippen molar-refractivity contribution in [2.75, 3.05) is 0 Å². The van der Waals surface area contributed by atoms with Crippen LogP contribution in [-0.4, -0.2) is 15.5 Å². The van der Waals surface area contributed by atoms with Crippen LogP contribution < -0.4 is 5.32 Å². The van der Waals surface area contributed by atoms with Crippen LogP contribution in [0.25, 0.3) is 5.69 Å². The number of aromatic nitrogens is 2. The minimum Gasteiger partial charge on any atom is -0.346 e. The highest BCUT2D eigenvalue weighted by Crippen LogP contribution is 2.23. The number of amides is 1. The first-order valence-electron chi connectivity index (χ1n) is 8.72. The largest absolute Gasteiger partial charge is 0.346 e. The molecule has 4 nitrogen and oxygen atoms in total. The second-order valence-electron chi connectivity index (χ2n) is 6.59. The first kappa shape index (κ1) is 15.6. The average molecular weight is 331 g/mol. The van der Waals surface area contributed by atoms with E-state index < -0.39 is 0 Å². The highest BCUT2D eigenvalue weighted by molar-refractivity contribution is 5.94. The fourth-order valence-corrected chi connectivity index (χ4v) is 3.42. The van der Waals surface area contributed by atoms with Gasteiger partial charge in [-0.2, -0.15) is 0 Å². The number of imidazole rings is 1. The average Bonchev–Trinajstić information content (AvgIpc) is 3.32. The number of fused-ring (bicyclic) bond motifs is 1. The van der Waals surface area contributed by atoms with Crippen LogP contribution in [0.3, 0.4) is 0 Å². The summed E-state index contributed by atoms with van der Waals surface area (Å²) in [7, 11) is 0. The van der Waals surface area contributed by atoms with Gasteiger partial charge < -0.3 is 9.88 Å². The first-order valence-corrected chi connectivity index (χ1v) is 8.72. The van der Waals surface area contributed by atoms with E-state index in [1.165, 1.54) is 17.5 Å². The lowest BCUT2D eigenvalue weighted by Crippen LogP contribution is -2.26.